The molecule has 2 aliphatic heterocycles. The largest absolute Gasteiger partial charge is 0.381 e. The number of halogens is 1. The van der Waals surface area contributed by atoms with Crippen LogP contribution >= 0.6 is 0 Å². The summed E-state index contributed by atoms with van der Waals surface area (Å²) in [5.74, 6) is -0.212. The van der Waals surface area contributed by atoms with Crippen molar-refractivity contribution in [1.29, 1.82) is 0 Å². The molecule has 1 aromatic heterocycles. The van der Waals surface area contributed by atoms with E-state index in [1.54, 1.807) is 16.8 Å². The maximum absolute atomic E-state index is 14.3. The second kappa shape index (κ2) is 8.01. The molecule has 0 radical (unpaired) electrons. The molecule has 0 aliphatic carbocycles. The van der Waals surface area contributed by atoms with Crippen molar-refractivity contribution in [3.8, 4) is 0 Å². The zero-order valence-electron chi connectivity index (χ0n) is 16.2. The number of aryl methyl sites for hydroxylation is 1. The summed E-state index contributed by atoms with van der Waals surface area (Å²) in [6.45, 7) is 3.34. The first-order valence-electron chi connectivity index (χ1n) is 9.86. The summed E-state index contributed by atoms with van der Waals surface area (Å²) in [6.07, 6.45) is 5.91. The fourth-order valence-electron chi connectivity index (χ4n) is 4.26. The first kappa shape index (κ1) is 19.1. The highest BCUT2D eigenvalue weighted by atomic mass is 19.1. The van der Waals surface area contributed by atoms with Gasteiger partial charge in [0.1, 0.15) is 5.82 Å². The predicted molar refractivity (Wildman–Crippen MR) is 103 cm³/mol. The zero-order chi connectivity index (χ0) is 19.6. The lowest BCUT2D eigenvalue weighted by atomic mass is 9.73. The molecule has 28 heavy (non-hydrogen) atoms. The van der Waals surface area contributed by atoms with Crippen LogP contribution in [0.2, 0.25) is 0 Å². The molecule has 4 rings (SSSR count). The van der Waals surface area contributed by atoms with Gasteiger partial charge in [-0.15, -0.1) is 0 Å². The maximum Gasteiger partial charge on any atom is 0.229 e. The van der Waals surface area contributed by atoms with Gasteiger partial charge in [0.15, 0.2) is 0 Å². The Bertz CT molecular complexity index is 825. The number of ether oxygens (including phenoxy) is 1. The Labute approximate surface area is 164 Å². The number of benzene rings is 1. The summed E-state index contributed by atoms with van der Waals surface area (Å²) in [4.78, 5) is 15.4. The quantitative estimate of drug-likeness (QED) is 0.824. The summed E-state index contributed by atoms with van der Waals surface area (Å²) < 4.78 is 21.4. The Balaban J connectivity index is 1.47. The molecule has 0 saturated carbocycles. The minimum absolute atomic E-state index is 0.0325. The lowest BCUT2D eigenvalue weighted by Gasteiger charge is -2.49. The lowest BCUT2D eigenvalue weighted by Crippen LogP contribution is -2.65. The van der Waals surface area contributed by atoms with Crippen LogP contribution in [0.15, 0.2) is 36.7 Å². The Kier molecular flexibility index (Phi) is 5.46. The van der Waals surface area contributed by atoms with E-state index in [0.29, 0.717) is 38.3 Å². The van der Waals surface area contributed by atoms with Crippen LogP contribution in [0.1, 0.15) is 24.0 Å². The summed E-state index contributed by atoms with van der Waals surface area (Å²) in [7, 11) is 1.89. The molecule has 7 heteroatoms. The standard InChI is InChI=1S/C21H27FN4O2/c1-25-12-16(11-23-25)13-26-14-21(15-26,10-17-4-2-3-5-19(17)22)20(27)24-18-6-8-28-9-7-18/h2-5,11-12,18H,6-10,13-15H2,1H3,(H,24,27). The normalized spacial score (nSPS) is 19.9. The highest BCUT2D eigenvalue weighted by molar-refractivity contribution is 5.85. The summed E-state index contributed by atoms with van der Waals surface area (Å²) in [6, 6.07) is 6.90. The fraction of sp³-hybridized carbons (Fsp3) is 0.524. The molecule has 2 aromatic rings. The second-order valence-electron chi connectivity index (χ2n) is 8.08. The van der Waals surface area contributed by atoms with Crippen molar-refractivity contribution < 1.29 is 13.9 Å². The van der Waals surface area contributed by atoms with E-state index in [1.807, 2.05) is 25.5 Å². The van der Waals surface area contributed by atoms with E-state index in [1.165, 1.54) is 6.07 Å². The molecule has 1 aromatic carbocycles. The van der Waals surface area contributed by atoms with Gasteiger partial charge in [-0.2, -0.15) is 5.10 Å². The molecule has 1 amide bonds. The third-order valence-electron chi connectivity index (χ3n) is 5.74. The summed E-state index contributed by atoms with van der Waals surface area (Å²) >= 11 is 0. The highest BCUT2D eigenvalue weighted by Gasteiger charge is 2.49. The van der Waals surface area contributed by atoms with Crippen molar-refractivity contribution in [1.82, 2.24) is 20.0 Å². The van der Waals surface area contributed by atoms with Gasteiger partial charge in [-0.3, -0.25) is 14.4 Å². The minimum atomic E-state index is -0.595. The number of amides is 1. The molecule has 6 nitrogen and oxygen atoms in total. The summed E-state index contributed by atoms with van der Waals surface area (Å²) in [5.41, 5.74) is 1.13. The number of nitrogens with one attached hydrogen (secondary N) is 1. The Morgan fingerprint density at radius 3 is 2.75 bits per heavy atom. The van der Waals surface area contributed by atoms with Crippen LogP contribution in [-0.2, 0) is 29.5 Å². The number of aromatic nitrogens is 2. The van der Waals surface area contributed by atoms with Gasteiger partial charge >= 0.3 is 0 Å². The lowest BCUT2D eigenvalue weighted by molar-refractivity contribution is -0.144. The molecular weight excluding hydrogens is 359 g/mol. The van der Waals surface area contributed by atoms with Gasteiger partial charge in [-0.25, -0.2) is 4.39 Å². The van der Waals surface area contributed by atoms with E-state index in [0.717, 1.165) is 24.9 Å². The molecule has 2 saturated heterocycles. The van der Waals surface area contributed by atoms with Crippen LogP contribution in [-0.4, -0.2) is 52.9 Å². The number of hydrogen-bond donors (Lipinski definition) is 1. The van der Waals surface area contributed by atoms with Crippen LogP contribution in [0.3, 0.4) is 0 Å². The maximum atomic E-state index is 14.3. The second-order valence-corrected chi connectivity index (χ2v) is 8.08. The average molecular weight is 386 g/mol. The number of carbonyl (C=O) groups is 1. The first-order valence-corrected chi connectivity index (χ1v) is 9.86. The monoisotopic (exact) mass is 386 g/mol. The van der Waals surface area contributed by atoms with Crippen LogP contribution in [0.4, 0.5) is 4.39 Å². The first-order chi connectivity index (χ1) is 13.5. The van der Waals surface area contributed by atoms with Gasteiger partial charge in [0.05, 0.1) is 11.6 Å². The molecule has 2 fully saturated rings. The summed E-state index contributed by atoms with van der Waals surface area (Å²) in [5, 5.41) is 7.41. The van der Waals surface area contributed by atoms with E-state index in [2.05, 4.69) is 15.3 Å². The Morgan fingerprint density at radius 1 is 1.32 bits per heavy atom. The van der Waals surface area contributed by atoms with E-state index >= 15 is 0 Å². The SMILES string of the molecule is Cn1cc(CN2CC(Cc3ccccc3F)(C(=O)NC3CCOCC3)C2)cn1. The third kappa shape index (κ3) is 4.10. The number of rotatable bonds is 6. The van der Waals surface area contributed by atoms with Crippen molar-refractivity contribution in [2.24, 2.45) is 12.5 Å². The van der Waals surface area contributed by atoms with Gasteiger partial charge in [0, 0.05) is 57.7 Å². The van der Waals surface area contributed by atoms with Crippen LogP contribution in [0.5, 0.6) is 0 Å². The van der Waals surface area contributed by atoms with Gasteiger partial charge in [0.2, 0.25) is 5.91 Å². The predicted octanol–water partition coefficient (Wildman–Crippen LogP) is 1.90. The number of carbonyl (C=O) groups excluding carboxylic acids is 1. The molecule has 150 valence electrons. The highest BCUT2D eigenvalue weighted by Crippen LogP contribution is 2.36. The van der Waals surface area contributed by atoms with Crippen molar-refractivity contribution in [2.75, 3.05) is 26.3 Å². The van der Waals surface area contributed by atoms with Crippen molar-refractivity contribution >= 4 is 5.91 Å². The van der Waals surface area contributed by atoms with Gasteiger partial charge in [0.25, 0.3) is 0 Å². The average Bonchev–Trinajstić information content (AvgIpc) is 3.07. The van der Waals surface area contributed by atoms with E-state index in [-0.39, 0.29) is 17.8 Å². The van der Waals surface area contributed by atoms with Crippen LogP contribution in [0, 0.1) is 11.2 Å². The van der Waals surface area contributed by atoms with Gasteiger partial charge < -0.3 is 10.1 Å². The minimum Gasteiger partial charge on any atom is -0.381 e. The number of nitrogens with zero attached hydrogens (tertiary/aromatic N) is 3. The number of likely N-dealkylation sites (tertiary alicyclic amines) is 1. The topological polar surface area (TPSA) is 59.4 Å². The molecule has 3 heterocycles. The fourth-order valence-corrected chi connectivity index (χ4v) is 4.26. The molecule has 0 bridgehead atoms. The molecule has 2 aliphatic rings. The van der Waals surface area contributed by atoms with E-state index in [4.69, 9.17) is 4.74 Å². The third-order valence-corrected chi connectivity index (χ3v) is 5.74. The Hall–Kier alpha value is -2.25. The molecule has 1 N–H and O–H groups in total. The zero-order valence-corrected chi connectivity index (χ0v) is 16.2. The van der Waals surface area contributed by atoms with Crippen molar-refractivity contribution in [3.05, 3.63) is 53.6 Å². The molecule has 0 unspecified atom stereocenters. The van der Waals surface area contributed by atoms with Crippen molar-refractivity contribution in [2.45, 2.75) is 31.8 Å². The molecule has 0 spiro atoms. The molecule has 0 atom stereocenters. The molecular formula is C21H27FN4O2. The van der Waals surface area contributed by atoms with Crippen LogP contribution < -0.4 is 5.32 Å². The Morgan fingerprint density at radius 2 is 2.07 bits per heavy atom. The van der Waals surface area contributed by atoms with E-state index < -0.39 is 5.41 Å². The van der Waals surface area contributed by atoms with E-state index in [9.17, 15) is 9.18 Å². The van der Waals surface area contributed by atoms with Crippen LogP contribution in [0.25, 0.3) is 0 Å². The van der Waals surface area contributed by atoms with Crippen molar-refractivity contribution in [3.63, 3.8) is 0 Å². The smallest absolute Gasteiger partial charge is 0.229 e. The number of hydrogen-bond acceptors (Lipinski definition) is 4. The van der Waals surface area contributed by atoms with Gasteiger partial charge in [-0.05, 0) is 30.9 Å². The van der Waals surface area contributed by atoms with Gasteiger partial charge in [-0.1, -0.05) is 18.2 Å².